The zero-order valence-corrected chi connectivity index (χ0v) is 10.6. The van der Waals surface area contributed by atoms with E-state index in [0.29, 0.717) is 18.8 Å². The Kier molecular flexibility index (Phi) is 4.20. The summed E-state index contributed by atoms with van der Waals surface area (Å²) in [5, 5.41) is 9.07. The highest BCUT2D eigenvalue weighted by Gasteiger charge is 2.29. The summed E-state index contributed by atoms with van der Waals surface area (Å²) in [6.45, 7) is 3.27. The third kappa shape index (κ3) is 3.01. The third-order valence-electron chi connectivity index (χ3n) is 3.26. The molecular weight excluding hydrogens is 230 g/mol. The van der Waals surface area contributed by atoms with Crippen LogP contribution in [0.5, 0.6) is 5.75 Å². The van der Waals surface area contributed by atoms with Crippen molar-refractivity contribution in [3.05, 3.63) is 30.3 Å². The van der Waals surface area contributed by atoms with Gasteiger partial charge in [0.15, 0.2) is 6.10 Å². The first kappa shape index (κ1) is 12.9. The van der Waals surface area contributed by atoms with E-state index in [1.165, 1.54) is 0 Å². The Hall–Kier alpha value is -1.55. The summed E-state index contributed by atoms with van der Waals surface area (Å²) in [7, 11) is 0. The molecule has 0 saturated carbocycles. The van der Waals surface area contributed by atoms with E-state index in [1.54, 1.807) is 11.8 Å². The standard InChI is InChI=1S/C14H19NO3/c1-11(18-13-5-3-2-4-6-13)14(17)15-8-7-12(9-15)10-16/h2-6,11-12,16H,7-10H2,1H3. The fourth-order valence-corrected chi connectivity index (χ4v) is 2.19. The Morgan fingerprint density at radius 2 is 2.22 bits per heavy atom. The van der Waals surface area contributed by atoms with Gasteiger partial charge in [-0.1, -0.05) is 18.2 Å². The summed E-state index contributed by atoms with van der Waals surface area (Å²) >= 11 is 0. The molecule has 1 fully saturated rings. The van der Waals surface area contributed by atoms with Gasteiger partial charge >= 0.3 is 0 Å². The Bertz CT molecular complexity index is 393. The molecule has 1 N–H and O–H groups in total. The maximum Gasteiger partial charge on any atom is 0.263 e. The Balaban J connectivity index is 1.89. The van der Waals surface area contributed by atoms with E-state index in [4.69, 9.17) is 9.84 Å². The minimum atomic E-state index is -0.482. The predicted molar refractivity (Wildman–Crippen MR) is 68.3 cm³/mol. The van der Waals surface area contributed by atoms with Crippen molar-refractivity contribution in [1.82, 2.24) is 4.90 Å². The SMILES string of the molecule is CC(Oc1ccccc1)C(=O)N1CCC(CO)C1. The van der Waals surface area contributed by atoms with Gasteiger partial charge in [-0.15, -0.1) is 0 Å². The van der Waals surface area contributed by atoms with Gasteiger partial charge in [-0.3, -0.25) is 4.79 Å². The first-order valence-corrected chi connectivity index (χ1v) is 6.32. The quantitative estimate of drug-likeness (QED) is 0.875. The Morgan fingerprint density at radius 3 is 2.83 bits per heavy atom. The summed E-state index contributed by atoms with van der Waals surface area (Å²) in [6, 6.07) is 9.34. The molecule has 0 bridgehead atoms. The molecule has 1 saturated heterocycles. The van der Waals surface area contributed by atoms with Crippen molar-refractivity contribution in [3.8, 4) is 5.75 Å². The molecule has 2 rings (SSSR count). The van der Waals surface area contributed by atoms with Crippen molar-refractivity contribution >= 4 is 5.91 Å². The summed E-state index contributed by atoms with van der Waals surface area (Å²) in [6.07, 6.45) is 0.394. The van der Waals surface area contributed by atoms with Crippen molar-refractivity contribution in [2.24, 2.45) is 5.92 Å². The monoisotopic (exact) mass is 249 g/mol. The van der Waals surface area contributed by atoms with Crippen molar-refractivity contribution in [1.29, 1.82) is 0 Å². The largest absolute Gasteiger partial charge is 0.481 e. The molecule has 1 amide bonds. The van der Waals surface area contributed by atoms with Crippen molar-refractivity contribution in [2.75, 3.05) is 19.7 Å². The summed E-state index contributed by atoms with van der Waals surface area (Å²) in [4.78, 5) is 13.9. The van der Waals surface area contributed by atoms with Gasteiger partial charge in [0.1, 0.15) is 5.75 Å². The summed E-state index contributed by atoms with van der Waals surface area (Å²) in [5.74, 6) is 0.920. The highest BCUT2D eigenvalue weighted by atomic mass is 16.5. The molecule has 1 aromatic rings. The van der Waals surface area contributed by atoms with Gasteiger partial charge in [-0.25, -0.2) is 0 Å². The number of carbonyl (C=O) groups excluding carboxylic acids is 1. The van der Waals surface area contributed by atoms with Crippen molar-refractivity contribution in [3.63, 3.8) is 0 Å². The topological polar surface area (TPSA) is 49.8 Å². The number of para-hydroxylation sites is 1. The number of amides is 1. The van der Waals surface area contributed by atoms with Gasteiger partial charge in [-0.2, -0.15) is 0 Å². The molecule has 4 nitrogen and oxygen atoms in total. The lowest BCUT2D eigenvalue weighted by atomic mass is 10.1. The van der Waals surface area contributed by atoms with Crippen molar-refractivity contribution < 1.29 is 14.6 Å². The van der Waals surface area contributed by atoms with E-state index in [-0.39, 0.29) is 18.4 Å². The van der Waals surface area contributed by atoms with Crippen LogP contribution >= 0.6 is 0 Å². The van der Waals surface area contributed by atoms with Crippen LogP contribution in [0.2, 0.25) is 0 Å². The second-order valence-electron chi connectivity index (χ2n) is 4.69. The van der Waals surface area contributed by atoms with E-state index in [0.717, 1.165) is 6.42 Å². The number of benzene rings is 1. The lowest BCUT2D eigenvalue weighted by Crippen LogP contribution is -2.39. The third-order valence-corrected chi connectivity index (χ3v) is 3.26. The first-order valence-electron chi connectivity index (χ1n) is 6.32. The zero-order chi connectivity index (χ0) is 13.0. The average Bonchev–Trinajstić information content (AvgIpc) is 2.87. The van der Waals surface area contributed by atoms with Crippen LogP contribution in [0.1, 0.15) is 13.3 Å². The number of rotatable bonds is 4. The van der Waals surface area contributed by atoms with Crippen LogP contribution in [-0.2, 0) is 4.79 Å². The van der Waals surface area contributed by atoms with Crippen LogP contribution in [-0.4, -0.2) is 41.7 Å². The maximum absolute atomic E-state index is 12.1. The Labute approximate surface area is 107 Å². The molecule has 0 spiro atoms. The molecule has 1 aromatic carbocycles. The van der Waals surface area contributed by atoms with Gasteiger partial charge in [0.05, 0.1) is 0 Å². The summed E-state index contributed by atoms with van der Waals surface area (Å²) in [5.41, 5.74) is 0. The molecule has 1 aliphatic rings. The number of ether oxygens (including phenoxy) is 1. The first-order chi connectivity index (χ1) is 8.70. The second-order valence-corrected chi connectivity index (χ2v) is 4.69. The molecule has 2 unspecified atom stereocenters. The van der Waals surface area contributed by atoms with Gasteiger partial charge in [0.25, 0.3) is 5.91 Å². The normalized spacial score (nSPS) is 20.8. The molecule has 0 aromatic heterocycles. The van der Waals surface area contributed by atoms with Crippen LogP contribution in [0.4, 0.5) is 0 Å². The number of carbonyl (C=O) groups is 1. The highest BCUT2D eigenvalue weighted by molar-refractivity contribution is 5.81. The number of aliphatic hydroxyl groups excluding tert-OH is 1. The van der Waals surface area contributed by atoms with Crippen LogP contribution in [0.25, 0.3) is 0 Å². The number of nitrogens with zero attached hydrogens (tertiary/aromatic N) is 1. The van der Waals surface area contributed by atoms with Gasteiger partial charge in [0.2, 0.25) is 0 Å². The smallest absolute Gasteiger partial charge is 0.263 e. The molecule has 1 heterocycles. The number of hydrogen-bond acceptors (Lipinski definition) is 3. The van der Waals surface area contributed by atoms with Crippen molar-refractivity contribution in [2.45, 2.75) is 19.4 Å². The molecule has 0 aliphatic carbocycles. The second kappa shape index (κ2) is 5.87. The van der Waals surface area contributed by atoms with Crippen LogP contribution in [0.3, 0.4) is 0 Å². The van der Waals surface area contributed by atoms with E-state index in [1.807, 2.05) is 30.3 Å². The fraction of sp³-hybridized carbons (Fsp3) is 0.500. The predicted octanol–water partition coefficient (Wildman–Crippen LogP) is 1.29. The molecule has 0 radical (unpaired) electrons. The van der Waals surface area contributed by atoms with Gasteiger partial charge < -0.3 is 14.7 Å². The molecule has 98 valence electrons. The molecule has 2 atom stereocenters. The maximum atomic E-state index is 12.1. The van der Waals surface area contributed by atoms with Gasteiger partial charge in [0, 0.05) is 25.6 Å². The van der Waals surface area contributed by atoms with E-state index in [2.05, 4.69) is 0 Å². The van der Waals surface area contributed by atoms with E-state index >= 15 is 0 Å². The molecule has 18 heavy (non-hydrogen) atoms. The molecular formula is C14H19NO3. The lowest BCUT2D eigenvalue weighted by molar-refractivity contribution is -0.137. The highest BCUT2D eigenvalue weighted by Crippen LogP contribution is 2.18. The number of likely N-dealkylation sites (tertiary alicyclic amines) is 1. The zero-order valence-electron chi connectivity index (χ0n) is 10.6. The van der Waals surface area contributed by atoms with Gasteiger partial charge in [-0.05, 0) is 25.5 Å². The summed E-state index contributed by atoms with van der Waals surface area (Å²) < 4.78 is 5.60. The number of hydrogen-bond donors (Lipinski definition) is 1. The van der Waals surface area contributed by atoms with Crippen LogP contribution < -0.4 is 4.74 Å². The fourth-order valence-electron chi connectivity index (χ4n) is 2.19. The average molecular weight is 249 g/mol. The van der Waals surface area contributed by atoms with Crippen LogP contribution in [0.15, 0.2) is 30.3 Å². The van der Waals surface area contributed by atoms with E-state index < -0.39 is 6.10 Å². The minimum absolute atomic E-state index is 0.00481. The number of aliphatic hydroxyl groups is 1. The van der Waals surface area contributed by atoms with E-state index in [9.17, 15) is 4.79 Å². The molecule has 1 aliphatic heterocycles. The Morgan fingerprint density at radius 1 is 1.50 bits per heavy atom. The van der Waals surface area contributed by atoms with Crippen LogP contribution in [0, 0.1) is 5.92 Å². The molecule has 4 heteroatoms. The minimum Gasteiger partial charge on any atom is -0.481 e. The lowest BCUT2D eigenvalue weighted by Gasteiger charge is -2.21.